The largest absolute Gasteiger partial charge is 0.497 e. The molecule has 0 amide bonds. The Morgan fingerprint density at radius 3 is 2.53 bits per heavy atom. The van der Waals surface area contributed by atoms with Crippen LogP contribution < -0.4 is 14.8 Å². The average Bonchev–Trinajstić information content (AvgIpc) is 2.34. The second kappa shape index (κ2) is 7.17. The number of hydrogen-bond donors (Lipinski definition) is 1. The predicted molar refractivity (Wildman–Crippen MR) is 70.8 cm³/mol. The zero-order valence-corrected chi connectivity index (χ0v) is 11.2. The molecule has 0 aliphatic carbocycles. The lowest BCUT2D eigenvalue weighted by atomic mass is 10.1. The molecule has 1 rings (SSSR count). The summed E-state index contributed by atoms with van der Waals surface area (Å²) in [6, 6.07) is 7.74. The fraction of sp³-hybridized carbons (Fsp3) is 0.571. The molecule has 0 aliphatic rings. The summed E-state index contributed by atoms with van der Waals surface area (Å²) in [7, 11) is 1.66. The summed E-state index contributed by atoms with van der Waals surface area (Å²) in [4.78, 5) is 0. The van der Waals surface area contributed by atoms with Crippen LogP contribution in [0.5, 0.6) is 11.5 Å². The van der Waals surface area contributed by atoms with Gasteiger partial charge in [-0.1, -0.05) is 26.8 Å². The summed E-state index contributed by atoms with van der Waals surface area (Å²) >= 11 is 0. The minimum absolute atomic E-state index is 0.182. The highest BCUT2D eigenvalue weighted by Crippen LogP contribution is 2.21. The van der Waals surface area contributed by atoms with E-state index in [0.717, 1.165) is 24.6 Å². The van der Waals surface area contributed by atoms with Crippen LogP contribution in [0.1, 0.15) is 20.8 Å². The third-order valence-corrected chi connectivity index (χ3v) is 2.67. The van der Waals surface area contributed by atoms with Crippen LogP contribution in [0, 0.1) is 5.92 Å². The van der Waals surface area contributed by atoms with Crippen LogP contribution in [0.4, 0.5) is 0 Å². The lowest BCUT2D eigenvalue weighted by Crippen LogP contribution is -2.35. The minimum Gasteiger partial charge on any atom is -0.497 e. The van der Waals surface area contributed by atoms with E-state index >= 15 is 0 Å². The molecule has 0 radical (unpaired) electrons. The standard InChI is InChI=1S/C14H23NO2/c1-5-15-10-14(11(2)3)17-13-8-6-7-12(9-13)16-4/h6-9,11,14-15H,5,10H2,1-4H3. The molecule has 1 atom stereocenters. The van der Waals surface area contributed by atoms with Gasteiger partial charge < -0.3 is 14.8 Å². The van der Waals surface area contributed by atoms with Crippen molar-refractivity contribution in [2.75, 3.05) is 20.2 Å². The van der Waals surface area contributed by atoms with Gasteiger partial charge in [0.15, 0.2) is 0 Å². The summed E-state index contributed by atoms with van der Waals surface area (Å²) < 4.78 is 11.2. The second-order valence-corrected chi connectivity index (χ2v) is 4.39. The normalized spacial score (nSPS) is 12.5. The molecule has 1 aromatic rings. The van der Waals surface area contributed by atoms with Crippen LogP contribution in [-0.2, 0) is 0 Å². The summed E-state index contributed by atoms with van der Waals surface area (Å²) in [5.74, 6) is 2.16. The highest BCUT2D eigenvalue weighted by atomic mass is 16.5. The minimum atomic E-state index is 0.182. The van der Waals surface area contributed by atoms with E-state index in [4.69, 9.17) is 9.47 Å². The first-order chi connectivity index (χ1) is 8.17. The second-order valence-electron chi connectivity index (χ2n) is 4.39. The van der Waals surface area contributed by atoms with E-state index in [1.54, 1.807) is 7.11 Å². The Kier molecular flexibility index (Phi) is 5.84. The van der Waals surface area contributed by atoms with Gasteiger partial charge in [0, 0.05) is 12.6 Å². The Bertz CT molecular complexity index is 326. The lowest BCUT2D eigenvalue weighted by Gasteiger charge is -2.23. The molecule has 96 valence electrons. The number of likely N-dealkylation sites (N-methyl/N-ethyl adjacent to an activating group) is 1. The topological polar surface area (TPSA) is 30.5 Å². The van der Waals surface area contributed by atoms with E-state index in [2.05, 4.69) is 26.1 Å². The molecule has 1 unspecified atom stereocenters. The molecule has 0 aliphatic heterocycles. The average molecular weight is 237 g/mol. The van der Waals surface area contributed by atoms with Crippen LogP contribution in [0.3, 0.4) is 0 Å². The Morgan fingerprint density at radius 1 is 1.24 bits per heavy atom. The molecule has 0 aromatic heterocycles. The lowest BCUT2D eigenvalue weighted by molar-refractivity contribution is 0.149. The zero-order chi connectivity index (χ0) is 12.7. The van der Waals surface area contributed by atoms with Crippen LogP contribution in [-0.4, -0.2) is 26.3 Å². The van der Waals surface area contributed by atoms with E-state index in [9.17, 15) is 0 Å². The van der Waals surface area contributed by atoms with Gasteiger partial charge in [0.25, 0.3) is 0 Å². The van der Waals surface area contributed by atoms with Crippen molar-refractivity contribution in [3.63, 3.8) is 0 Å². The first kappa shape index (κ1) is 13.8. The fourth-order valence-corrected chi connectivity index (χ4v) is 1.55. The molecule has 0 bridgehead atoms. The number of methoxy groups -OCH3 is 1. The third kappa shape index (κ3) is 4.65. The zero-order valence-electron chi connectivity index (χ0n) is 11.2. The van der Waals surface area contributed by atoms with E-state index in [1.807, 2.05) is 24.3 Å². The number of ether oxygens (including phenoxy) is 2. The maximum absolute atomic E-state index is 5.98. The number of benzene rings is 1. The first-order valence-electron chi connectivity index (χ1n) is 6.18. The summed E-state index contributed by atoms with van der Waals surface area (Å²) in [5, 5.41) is 3.32. The molecule has 0 saturated heterocycles. The smallest absolute Gasteiger partial charge is 0.123 e. The van der Waals surface area contributed by atoms with Gasteiger partial charge in [-0.25, -0.2) is 0 Å². The van der Waals surface area contributed by atoms with Gasteiger partial charge in [-0.2, -0.15) is 0 Å². The van der Waals surface area contributed by atoms with Gasteiger partial charge in [0.2, 0.25) is 0 Å². The van der Waals surface area contributed by atoms with Crippen LogP contribution >= 0.6 is 0 Å². The van der Waals surface area contributed by atoms with Crippen molar-refractivity contribution < 1.29 is 9.47 Å². The van der Waals surface area contributed by atoms with Gasteiger partial charge in [0.1, 0.15) is 17.6 Å². The van der Waals surface area contributed by atoms with Crippen molar-refractivity contribution in [1.29, 1.82) is 0 Å². The highest BCUT2D eigenvalue weighted by Gasteiger charge is 2.14. The van der Waals surface area contributed by atoms with Gasteiger partial charge in [-0.3, -0.25) is 0 Å². The third-order valence-electron chi connectivity index (χ3n) is 2.67. The summed E-state index contributed by atoms with van der Waals surface area (Å²) in [5.41, 5.74) is 0. The molecular weight excluding hydrogens is 214 g/mol. The summed E-state index contributed by atoms with van der Waals surface area (Å²) in [6.07, 6.45) is 0.182. The van der Waals surface area contributed by atoms with Gasteiger partial charge in [0.05, 0.1) is 7.11 Å². The first-order valence-corrected chi connectivity index (χ1v) is 6.18. The van der Waals surface area contributed by atoms with Gasteiger partial charge in [-0.15, -0.1) is 0 Å². The summed E-state index contributed by atoms with van der Waals surface area (Å²) in [6.45, 7) is 8.27. The molecular formula is C14H23NO2. The predicted octanol–water partition coefficient (Wildman–Crippen LogP) is 2.71. The van der Waals surface area contributed by atoms with Crippen molar-refractivity contribution in [2.45, 2.75) is 26.9 Å². The van der Waals surface area contributed by atoms with Crippen LogP contribution in [0.2, 0.25) is 0 Å². The molecule has 0 saturated carbocycles. The molecule has 3 heteroatoms. The molecule has 0 fully saturated rings. The van der Waals surface area contributed by atoms with Gasteiger partial charge in [-0.05, 0) is 24.6 Å². The maximum atomic E-state index is 5.98. The quantitative estimate of drug-likeness (QED) is 0.791. The Balaban J connectivity index is 2.64. The van der Waals surface area contributed by atoms with E-state index in [-0.39, 0.29) is 6.10 Å². The number of nitrogens with one attached hydrogen (secondary N) is 1. The van der Waals surface area contributed by atoms with E-state index in [0.29, 0.717) is 5.92 Å². The van der Waals surface area contributed by atoms with Crippen LogP contribution in [0.15, 0.2) is 24.3 Å². The molecule has 3 nitrogen and oxygen atoms in total. The van der Waals surface area contributed by atoms with Crippen molar-refractivity contribution in [1.82, 2.24) is 5.32 Å². The van der Waals surface area contributed by atoms with Gasteiger partial charge >= 0.3 is 0 Å². The monoisotopic (exact) mass is 237 g/mol. The SMILES string of the molecule is CCNCC(Oc1cccc(OC)c1)C(C)C. The highest BCUT2D eigenvalue weighted by molar-refractivity contribution is 5.33. The Morgan fingerprint density at radius 2 is 1.94 bits per heavy atom. The fourth-order valence-electron chi connectivity index (χ4n) is 1.55. The Hall–Kier alpha value is -1.22. The van der Waals surface area contributed by atoms with E-state index < -0.39 is 0 Å². The van der Waals surface area contributed by atoms with Crippen LogP contribution in [0.25, 0.3) is 0 Å². The molecule has 0 heterocycles. The molecule has 17 heavy (non-hydrogen) atoms. The number of rotatable bonds is 7. The van der Waals surface area contributed by atoms with Crippen molar-refractivity contribution in [3.8, 4) is 11.5 Å². The molecule has 0 spiro atoms. The molecule has 1 aromatic carbocycles. The van der Waals surface area contributed by atoms with Crippen molar-refractivity contribution in [2.24, 2.45) is 5.92 Å². The van der Waals surface area contributed by atoms with Crippen molar-refractivity contribution in [3.05, 3.63) is 24.3 Å². The van der Waals surface area contributed by atoms with Crippen molar-refractivity contribution >= 4 is 0 Å². The Labute approximate surface area is 104 Å². The number of hydrogen-bond acceptors (Lipinski definition) is 3. The maximum Gasteiger partial charge on any atom is 0.123 e. The van der Waals surface area contributed by atoms with E-state index in [1.165, 1.54) is 0 Å². The molecule has 1 N–H and O–H groups in total.